The third-order valence-electron chi connectivity index (χ3n) is 14.4. The Morgan fingerprint density at radius 2 is 0.476 bits per heavy atom. The van der Waals surface area contributed by atoms with Crippen molar-refractivity contribution >= 4 is 17.9 Å². The Kier molecular flexibility index (Phi) is 65.3. The molecular formula is C76H126O6. The number of carbonyl (C=O) groups excluding carboxylic acids is 3. The summed E-state index contributed by atoms with van der Waals surface area (Å²) in [7, 11) is 0. The molecule has 0 N–H and O–H groups in total. The molecule has 0 aliphatic rings. The molecule has 0 amide bonds. The lowest BCUT2D eigenvalue weighted by Gasteiger charge is -2.18. The van der Waals surface area contributed by atoms with E-state index >= 15 is 0 Å². The molecule has 0 aromatic carbocycles. The first-order chi connectivity index (χ1) is 40.5. The Labute approximate surface area is 506 Å². The van der Waals surface area contributed by atoms with Gasteiger partial charge in [0.15, 0.2) is 6.10 Å². The van der Waals surface area contributed by atoms with Crippen molar-refractivity contribution in [2.45, 2.75) is 316 Å². The summed E-state index contributed by atoms with van der Waals surface area (Å²) in [4.78, 5) is 38.3. The van der Waals surface area contributed by atoms with E-state index in [1.54, 1.807) is 0 Å². The molecule has 0 saturated carbocycles. The van der Waals surface area contributed by atoms with Crippen molar-refractivity contribution in [1.82, 2.24) is 0 Å². The number of carbonyl (C=O) groups is 3. The number of esters is 3. The quantitative estimate of drug-likeness (QED) is 0.0261. The zero-order valence-corrected chi connectivity index (χ0v) is 53.5. The van der Waals surface area contributed by atoms with Crippen molar-refractivity contribution < 1.29 is 28.6 Å². The third kappa shape index (κ3) is 66.4. The number of rotatable bonds is 61. The molecule has 0 aliphatic carbocycles. The Balaban J connectivity index is 4.21. The summed E-state index contributed by atoms with van der Waals surface area (Å²) in [5.74, 6) is -0.933. The molecule has 0 saturated heterocycles. The average Bonchev–Trinajstić information content (AvgIpc) is 3.47. The highest BCUT2D eigenvalue weighted by molar-refractivity contribution is 5.71. The Hall–Kier alpha value is -4.45. The zero-order valence-electron chi connectivity index (χ0n) is 53.5. The molecule has 0 fully saturated rings. The number of ether oxygens (including phenoxy) is 3. The van der Waals surface area contributed by atoms with E-state index in [9.17, 15) is 14.4 Å². The molecule has 0 aliphatic heterocycles. The molecule has 0 radical (unpaired) electrons. The second-order valence-electron chi connectivity index (χ2n) is 22.3. The predicted octanol–water partition coefficient (Wildman–Crippen LogP) is 23.7. The van der Waals surface area contributed by atoms with Gasteiger partial charge < -0.3 is 14.2 Å². The van der Waals surface area contributed by atoms with Crippen LogP contribution in [0.3, 0.4) is 0 Å². The van der Waals surface area contributed by atoms with Crippen molar-refractivity contribution in [1.29, 1.82) is 0 Å². The maximum absolute atomic E-state index is 12.9. The summed E-state index contributed by atoms with van der Waals surface area (Å²) in [6.07, 6.45) is 97.7. The first-order valence-corrected chi connectivity index (χ1v) is 34.2. The second-order valence-corrected chi connectivity index (χ2v) is 22.3. The van der Waals surface area contributed by atoms with E-state index in [4.69, 9.17) is 14.2 Å². The lowest BCUT2D eigenvalue weighted by molar-refractivity contribution is -0.167. The van der Waals surface area contributed by atoms with Gasteiger partial charge in [-0.05, 0) is 116 Å². The smallest absolute Gasteiger partial charge is 0.306 e. The van der Waals surface area contributed by atoms with Gasteiger partial charge in [-0.2, -0.15) is 0 Å². The van der Waals surface area contributed by atoms with Crippen LogP contribution in [0, 0.1) is 0 Å². The van der Waals surface area contributed by atoms with Gasteiger partial charge in [0.25, 0.3) is 0 Å². The Bertz CT molecular complexity index is 1730. The summed E-state index contributed by atoms with van der Waals surface area (Å²) in [6, 6.07) is 0. The van der Waals surface area contributed by atoms with Crippen LogP contribution in [0.2, 0.25) is 0 Å². The van der Waals surface area contributed by atoms with Crippen molar-refractivity contribution in [2.75, 3.05) is 13.2 Å². The molecule has 0 spiro atoms. The molecule has 6 heteroatoms. The van der Waals surface area contributed by atoms with Crippen molar-refractivity contribution in [3.8, 4) is 0 Å². The van der Waals surface area contributed by atoms with Gasteiger partial charge in [0, 0.05) is 19.3 Å². The standard InChI is InChI=1S/C76H126O6/c1-4-7-10-13-16-19-22-24-26-28-30-32-33-34-35-36-37-38-39-40-41-42-43-45-46-48-50-52-54-57-60-63-66-69-75(78)81-72-73(71-80-74(77)68-65-62-59-56-21-18-15-12-9-6-3)82-76(79)70-67-64-61-58-55-53-51-49-47-44-31-29-27-25-23-20-17-14-11-8-5-2/h7-8,10-11,16-17,19-20,24-27,30-32,34-35,44,49,51,55,58,73H,4-6,9,12-15,18,21-23,28-29,33,36-43,45-48,50,52-54,56-57,59-72H2,1-3H3/b10-7-,11-8-,19-16-,20-17-,26-24-,27-25-,32-30-,35-34-,44-31-,51-49-,58-55-. The highest BCUT2D eigenvalue weighted by Gasteiger charge is 2.19. The molecular weight excluding hydrogens is 1010 g/mol. The highest BCUT2D eigenvalue weighted by atomic mass is 16.6. The van der Waals surface area contributed by atoms with Gasteiger partial charge in [0.1, 0.15) is 13.2 Å². The molecule has 6 nitrogen and oxygen atoms in total. The topological polar surface area (TPSA) is 78.9 Å². The number of hydrogen-bond donors (Lipinski definition) is 0. The minimum Gasteiger partial charge on any atom is -0.462 e. The van der Waals surface area contributed by atoms with Gasteiger partial charge in [-0.3, -0.25) is 14.4 Å². The van der Waals surface area contributed by atoms with Crippen LogP contribution in [0.4, 0.5) is 0 Å². The van der Waals surface area contributed by atoms with Gasteiger partial charge in [-0.15, -0.1) is 0 Å². The van der Waals surface area contributed by atoms with Crippen LogP contribution in [-0.2, 0) is 28.6 Å². The lowest BCUT2D eigenvalue weighted by atomic mass is 10.0. The van der Waals surface area contributed by atoms with E-state index in [0.29, 0.717) is 19.3 Å². The molecule has 0 rings (SSSR count). The molecule has 466 valence electrons. The van der Waals surface area contributed by atoms with E-state index in [2.05, 4.69) is 154 Å². The van der Waals surface area contributed by atoms with Gasteiger partial charge in [-0.1, -0.05) is 309 Å². The van der Waals surface area contributed by atoms with Crippen molar-refractivity contribution in [2.24, 2.45) is 0 Å². The SMILES string of the molecule is CC/C=C\C/C=C\C/C=C\C/C=C\C/C=C\C/C=C\CCCCC(=O)OC(COC(=O)CCCCCCCCCCCC)COC(=O)CCCCCCCCCCCCCCCCCCC/C=C\C/C=C\C/C=C\C/C=C\C/C=C\CC. The number of hydrogen-bond acceptors (Lipinski definition) is 6. The van der Waals surface area contributed by atoms with Crippen molar-refractivity contribution in [3.63, 3.8) is 0 Å². The maximum atomic E-state index is 12.9. The predicted molar refractivity (Wildman–Crippen MR) is 357 cm³/mol. The first kappa shape index (κ1) is 77.5. The Morgan fingerprint density at radius 3 is 0.768 bits per heavy atom. The Morgan fingerprint density at radius 1 is 0.256 bits per heavy atom. The van der Waals surface area contributed by atoms with E-state index in [1.165, 1.54) is 141 Å². The van der Waals surface area contributed by atoms with Crippen LogP contribution in [0.15, 0.2) is 134 Å². The highest BCUT2D eigenvalue weighted by Crippen LogP contribution is 2.17. The van der Waals surface area contributed by atoms with Crippen LogP contribution in [0.1, 0.15) is 310 Å². The maximum Gasteiger partial charge on any atom is 0.306 e. The molecule has 0 bridgehead atoms. The van der Waals surface area contributed by atoms with Crippen LogP contribution < -0.4 is 0 Å². The van der Waals surface area contributed by atoms with E-state index in [1.807, 2.05) is 0 Å². The minimum absolute atomic E-state index is 0.0948. The van der Waals surface area contributed by atoms with E-state index < -0.39 is 6.10 Å². The van der Waals surface area contributed by atoms with Gasteiger partial charge >= 0.3 is 17.9 Å². The van der Waals surface area contributed by atoms with Crippen molar-refractivity contribution in [3.05, 3.63) is 134 Å². The van der Waals surface area contributed by atoms with Gasteiger partial charge in [-0.25, -0.2) is 0 Å². The fourth-order valence-electron chi connectivity index (χ4n) is 9.36. The monoisotopic (exact) mass is 1130 g/mol. The average molecular weight is 1140 g/mol. The third-order valence-corrected chi connectivity index (χ3v) is 14.4. The lowest BCUT2D eigenvalue weighted by Crippen LogP contribution is -2.30. The van der Waals surface area contributed by atoms with E-state index in [0.717, 1.165) is 122 Å². The van der Waals surface area contributed by atoms with Crippen LogP contribution in [0.25, 0.3) is 0 Å². The zero-order chi connectivity index (χ0) is 59.2. The summed E-state index contributed by atoms with van der Waals surface area (Å²) >= 11 is 0. The van der Waals surface area contributed by atoms with Crippen LogP contribution >= 0.6 is 0 Å². The molecule has 0 aromatic rings. The normalized spacial score (nSPS) is 13.0. The summed E-state index contributed by atoms with van der Waals surface area (Å²) < 4.78 is 16.9. The summed E-state index contributed by atoms with van der Waals surface area (Å²) in [6.45, 7) is 6.38. The van der Waals surface area contributed by atoms with Gasteiger partial charge in [0.05, 0.1) is 0 Å². The molecule has 1 unspecified atom stereocenters. The van der Waals surface area contributed by atoms with Gasteiger partial charge in [0.2, 0.25) is 0 Å². The van der Waals surface area contributed by atoms with E-state index in [-0.39, 0.29) is 37.5 Å². The molecule has 0 aromatic heterocycles. The number of allylic oxidation sites excluding steroid dienone is 22. The summed E-state index contributed by atoms with van der Waals surface area (Å²) in [5.41, 5.74) is 0. The summed E-state index contributed by atoms with van der Waals surface area (Å²) in [5, 5.41) is 0. The minimum atomic E-state index is -0.802. The molecule has 1 atom stereocenters. The largest absolute Gasteiger partial charge is 0.462 e. The second kappa shape index (κ2) is 69.0. The fraction of sp³-hybridized carbons (Fsp3) is 0.671. The molecule has 82 heavy (non-hydrogen) atoms. The van der Waals surface area contributed by atoms with Crippen LogP contribution in [-0.4, -0.2) is 37.2 Å². The van der Waals surface area contributed by atoms with Crippen LogP contribution in [0.5, 0.6) is 0 Å². The molecule has 0 heterocycles. The first-order valence-electron chi connectivity index (χ1n) is 34.2. The fourth-order valence-corrected chi connectivity index (χ4v) is 9.36. The number of unbranched alkanes of at least 4 members (excludes halogenated alkanes) is 28.